The van der Waals surface area contributed by atoms with Crippen LogP contribution in [0.15, 0.2) is 0 Å². The third kappa shape index (κ3) is 3.75. The van der Waals surface area contributed by atoms with E-state index in [4.69, 9.17) is 0 Å². The number of hydrogen-bond acceptors (Lipinski definition) is 3. The van der Waals surface area contributed by atoms with Gasteiger partial charge in [-0.05, 0) is 38.5 Å². The smallest absolute Gasteiger partial charge is 0.225 e. The van der Waals surface area contributed by atoms with Crippen molar-refractivity contribution >= 4 is 5.91 Å². The summed E-state index contributed by atoms with van der Waals surface area (Å²) in [6.07, 6.45) is 14.3. The van der Waals surface area contributed by atoms with E-state index in [1.165, 1.54) is 50.8 Å². The van der Waals surface area contributed by atoms with Crippen LogP contribution < -0.4 is 0 Å². The van der Waals surface area contributed by atoms with Crippen LogP contribution in [-0.4, -0.2) is 38.7 Å². The van der Waals surface area contributed by atoms with Gasteiger partial charge in [-0.15, -0.1) is 10.2 Å². The second kappa shape index (κ2) is 7.88. The fourth-order valence-corrected chi connectivity index (χ4v) is 4.98. The fraction of sp³-hybridized carbons (Fsp3) is 0.850. The number of hydrogen-bond donors (Lipinski definition) is 0. The van der Waals surface area contributed by atoms with E-state index >= 15 is 0 Å². The second-order valence-electron chi connectivity index (χ2n) is 8.25. The van der Waals surface area contributed by atoms with Crippen molar-refractivity contribution in [3.63, 3.8) is 0 Å². The molecule has 1 amide bonds. The molecule has 1 saturated heterocycles. The van der Waals surface area contributed by atoms with Gasteiger partial charge in [0, 0.05) is 37.9 Å². The van der Waals surface area contributed by atoms with Crippen molar-refractivity contribution in [1.29, 1.82) is 0 Å². The Labute approximate surface area is 151 Å². The minimum Gasteiger partial charge on any atom is -0.342 e. The molecule has 0 radical (unpaired) electrons. The average molecular weight is 345 g/mol. The number of carbonyl (C=O) groups excluding carboxylic acids is 1. The van der Waals surface area contributed by atoms with E-state index in [-0.39, 0.29) is 5.92 Å². The van der Waals surface area contributed by atoms with E-state index in [0.717, 1.165) is 57.6 Å². The van der Waals surface area contributed by atoms with Gasteiger partial charge in [0.25, 0.3) is 0 Å². The Morgan fingerprint density at radius 3 is 2.48 bits per heavy atom. The highest BCUT2D eigenvalue weighted by Crippen LogP contribution is 2.31. The van der Waals surface area contributed by atoms with E-state index in [0.29, 0.717) is 11.8 Å². The van der Waals surface area contributed by atoms with Crippen LogP contribution in [0.2, 0.25) is 0 Å². The summed E-state index contributed by atoms with van der Waals surface area (Å²) in [5, 5.41) is 9.03. The molecule has 25 heavy (non-hydrogen) atoms. The molecule has 4 rings (SSSR count). The molecule has 2 fully saturated rings. The quantitative estimate of drug-likeness (QED) is 0.769. The van der Waals surface area contributed by atoms with Crippen molar-refractivity contribution in [2.75, 3.05) is 13.1 Å². The molecule has 138 valence electrons. The van der Waals surface area contributed by atoms with Crippen LogP contribution in [0, 0.1) is 5.92 Å². The number of carbonyl (C=O) groups is 1. The molecule has 1 unspecified atom stereocenters. The Balaban J connectivity index is 1.46. The average Bonchev–Trinajstić information content (AvgIpc) is 2.85. The lowest BCUT2D eigenvalue weighted by Crippen LogP contribution is -2.42. The molecule has 0 bridgehead atoms. The standard InChI is InChI=1S/C20H32N4O/c25-20(16-9-4-1-2-5-10-16)23-13-8-11-17(15-23)19-22-21-18-12-6-3-7-14-24(18)19/h16-17H,1-15H2. The number of likely N-dealkylation sites (tertiary alicyclic amines) is 1. The Morgan fingerprint density at radius 1 is 0.840 bits per heavy atom. The molecule has 1 aromatic rings. The van der Waals surface area contributed by atoms with Gasteiger partial charge in [0.15, 0.2) is 0 Å². The van der Waals surface area contributed by atoms with Crippen molar-refractivity contribution in [3.8, 4) is 0 Å². The molecule has 3 aliphatic rings. The maximum absolute atomic E-state index is 13.0. The molecule has 0 spiro atoms. The molecule has 1 saturated carbocycles. The number of rotatable bonds is 2. The molecule has 5 nitrogen and oxygen atoms in total. The molecule has 0 N–H and O–H groups in total. The molecule has 1 atom stereocenters. The van der Waals surface area contributed by atoms with Gasteiger partial charge < -0.3 is 9.47 Å². The van der Waals surface area contributed by atoms with Crippen molar-refractivity contribution in [2.45, 2.75) is 89.5 Å². The van der Waals surface area contributed by atoms with Crippen LogP contribution in [0.3, 0.4) is 0 Å². The maximum atomic E-state index is 13.0. The summed E-state index contributed by atoms with van der Waals surface area (Å²) >= 11 is 0. The summed E-state index contributed by atoms with van der Waals surface area (Å²) < 4.78 is 2.37. The monoisotopic (exact) mass is 344 g/mol. The second-order valence-corrected chi connectivity index (χ2v) is 8.25. The topological polar surface area (TPSA) is 51.0 Å². The number of aryl methyl sites for hydroxylation is 1. The largest absolute Gasteiger partial charge is 0.342 e. The van der Waals surface area contributed by atoms with Crippen LogP contribution in [0.4, 0.5) is 0 Å². The first-order valence-corrected chi connectivity index (χ1v) is 10.5. The highest BCUT2D eigenvalue weighted by Gasteiger charge is 2.32. The maximum Gasteiger partial charge on any atom is 0.225 e. The number of piperidine rings is 1. The van der Waals surface area contributed by atoms with Gasteiger partial charge >= 0.3 is 0 Å². The fourth-order valence-electron chi connectivity index (χ4n) is 4.98. The van der Waals surface area contributed by atoms with Crippen LogP contribution in [0.5, 0.6) is 0 Å². The van der Waals surface area contributed by atoms with Gasteiger partial charge in [-0.3, -0.25) is 4.79 Å². The van der Waals surface area contributed by atoms with Crippen molar-refractivity contribution in [2.24, 2.45) is 5.92 Å². The molecule has 1 aromatic heterocycles. The van der Waals surface area contributed by atoms with Gasteiger partial charge in [0.2, 0.25) is 5.91 Å². The lowest BCUT2D eigenvalue weighted by atomic mass is 9.93. The van der Waals surface area contributed by atoms with Gasteiger partial charge in [-0.2, -0.15) is 0 Å². The SMILES string of the molecule is O=C(C1CCCCCC1)N1CCCC(c2nnc3n2CCCCC3)C1. The van der Waals surface area contributed by atoms with E-state index in [9.17, 15) is 4.79 Å². The number of amides is 1. The first kappa shape index (κ1) is 17.0. The Bertz CT molecular complexity index is 589. The molecular weight excluding hydrogens is 312 g/mol. The zero-order valence-electron chi connectivity index (χ0n) is 15.5. The normalized spacial score (nSPS) is 25.9. The molecule has 0 aromatic carbocycles. The van der Waals surface area contributed by atoms with E-state index < -0.39 is 0 Å². The van der Waals surface area contributed by atoms with Crippen LogP contribution >= 0.6 is 0 Å². The first-order chi connectivity index (χ1) is 12.3. The lowest BCUT2D eigenvalue weighted by Gasteiger charge is -2.34. The molecule has 2 aliphatic heterocycles. The van der Waals surface area contributed by atoms with Crippen LogP contribution in [-0.2, 0) is 17.8 Å². The third-order valence-electron chi connectivity index (χ3n) is 6.44. The van der Waals surface area contributed by atoms with Crippen molar-refractivity contribution in [3.05, 3.63) is 11.6 Å². The van der Waals surface area contributed by atoms with Crippen LogP contribution in [0.25, 0.3) is 0 Å². The lowest BCUT2D eigenvalue weighted by molar-refractivity contribution is -0.137. The zero-order chi connectivity index (χ0) is 17.1. The summed E-state index contributed by atoms with van der Waals surface area (Å²) in [6, 6.07) is 0. The summed E-state index contributed by atoms with van der Waals surface area (Å²) in [7, 11) is 0. The summed E-state index contributed by atoms with van der Waals surface area (Å²) in [6.45, 7) is 2.85. The predicted octanol–water partition coefficient (Wildman–Crippen LogP) is 3.68. The third-order valence-corrected chi connectivity index (χ3v) is 6.44. The molecule has 3 heterocycles. The molecule has 1 aliphatic carbocycles. The van der Waals surface area contributed by atoms with Crippen molar-refractivity contribution < 1.29 is 4.79 Å². The Morgan fingerprint density at radius 2 is 1.64 bits per heavy atom. The highest BCUT2D eigenvalue weighted by molar-refractivity contribution is 5.79. The summed E-state index contributed by atoms with van der Waals surface area (Å²) in [5.41, 5.74) is 0. The molecular formula is C20H32N4O. The minimum absolute atomic E-state index is 0.275. The van der Waals surface area contributed by atoms with Gasteiger partial charge in [0.05, 0.1) is 0 Å². The number of nitrogens with zero attached hydrogens (tertiary/aromatic N) is 4. The summed E-state index contributed by atoms with van der Waals surface area (Å²) in [4.78, 5) is 15.2. The van der Waals surface area contributed by atoms with Crippen molar-refractivity contribution in [1.82, 2.24) is 19.7 Å². The van der Waals surface area contributed by atoms with E-state index in [1.54, 1.807) is 0 Å². The van der Waals surface area contributed by atoms with Crippen LogP contribution in [0.1, 0.15) is 88.2 Å². The highest BCUT2D eigenvalue weighted by atomic mass is 16.2. The Kier molecular flexibility index (Phi) is 5.37. The summed E-state index contributed by atoms with van der Waals surface area (Å²) in [5.74, 6) is 3.39. The number of fused-ring (bicyclic) bond motifs is 1. The Hall–Kier alpha value is -1.39. The minimum atomic E-state index is 0.275. The van der Waals surface area contributed by atoms with Gasteiger partial charge in [-0.1, -0.05) is 32.1 Å². The first-order valence-electron chi connectivity index (χ1n) is 10.5. The predicted molar refractivity (Wildman–Crippen MR) is 97.3 cm³/mol. The van der Waals surface area contributed by atoms with E-state index in [1.807, 2.05) is 0 Å². The van der Waals surface area contributed by atoms with Gasteiger partial charge in [-0.25, -0.2) is 0 Å². The van der Waals surface area contributed by atoms with Gasteiger partial charge in [0.1, 0.15) is 11.6 Å². The zero-order valence-corrected chi connectivity index (χ0v) is 15.5. The number of aromatic nitrogens is 3. The van der Waals surface area contributed by atoms with E-state index in [2.05, 4.69) is 19.7 Å². The molecule has 5 heteroatoms.